The molecule has 0 amide bonds. The van der Waals surface area contributed by atoms with Gasteiger partial charge in [0.15, 0.2) is 5.84 Å². The Morgan fingerprint density at radius 2 is 2.24 bits per heavy atom. The number of benzene rings is 1. The van der Waals surface area contributed by atoms with Gasteiger partial charge >= 0.3 is 0 Å². The van der Waals surface area contributed by atoms with Crippen molar-refractivity contribution in [3.8, 4) is 0 Å². The lowest BCUT2D eigenvalue weighted by molar-refractivity contribution is 0.277. The molecule has 0 unspecified atom stereocenters. The summed E-state index contributed by atoms with van der Waals surface area (Å²) in [4.78, 5) is 2.54. The molecular formula is C16H26N4O. The number of nitrogens with one attached hydrogen (secondary N) is 1. The molecule has 21 heavy (non-hydrogen) atoms. The molecule has 0 saturated heterocycles. The summed E-state index contributed by atoms with van der Waals surface area (Å²) in [6.45, 7) is 8.39. The van der Waals surface area contributed by atoms with Crippen LogP contribution in [0.1, 0.15) is 36.5 Å². The van der Waals surface area contributed by atoms with Crippen LogP contribution in [0.4, 0.5) is 0 Å². The number of nitrogens with two attached hydrogens (primary N) is 1. The second-order valence-corrected chi connectivity index (χ2v) is 5.66. The van der Waals surface area contributed by atoms with Crippen LogP contribution in [0.5, 0.6) is 0 Å². The first kappa shape index (κ1) is 15.8. The topological polar surface area (TPSA) is 73.9 Å². The summed E-state index contributed by atoms with van der Waals surface area (Å²) < 4.78 is 0. The fraction of sp³-hybridized carbons (Fsp3) is 0.562. The minimum atomic E-state index is 0.153. The summed E-state index contributed by atoms with van der Waals surface area (Å²) in [5.74, 6) is 0.153. The average molecular weight is 290 g/mol. The second-order valence-electron chi connectivity index (χ2n) is 5.66. The minimum absolute atomic E-state index is 0.153. The van der Waals surface area contributed by atoms with Gasteiger partial charge < -0.3 is 16.3 Å². The molecule has 5 nitrogen and oxygen atoms in total. The van der Waals surface area contributed by atoms with Gasteiger partial charge in [0.2, 0.25) is 0 Å². The number of hydrogen-bond acceptors (Lipinski definition) is 4. The van der Waals surface area contributed by atoms with E-state index in [1.54, 1.807) is 0 Å². The highest BCUT2D eigenvalue weighted by molar-refractivity contribution is 5.97. The zero-order valence-electron chi connectivity index (χ0n) is 13.0. The molecule has 0 aromatic heterocycles. The molecule has 0 radical (unpaired) electrons. The lowest BCUT2D eigenvalue weighted by Gasteiger charge is -2.20. The molecule has 0 atom stereocenters. The molecule has 0 bridgehead atoms. The monoisotopic (exact) mass is 290 g/mol. The lowest BCUT2D eigenvalue weighted by Crippen LogP contribution is -2.33. The minimum Gasteiger partial charge on any atom is -0.409 e. The van der Waals surface area contributed by atoms with Crippen LogP contribution in [0.15, 0.2) is 23.4 Å². The van der Waals surface area contributed by atoms with E-state index < -0.39 is 0 Å². The Balaban J connectivity index is 1.80. The fourth-order valence-electron chi connectivity index (χ4n) is 2.60. The van der Waals surface area contributed by atoms with Crippen molar-refractivity contribution in [1.29, 1.82) is 0 Å². The van der Waals surface area contributed by atoms with Gasteiger partial charge in [-0.3, -0.25) is 4.90 Å². The quantitative estimate of drug-likeness (QED) is 0.224. The summed E-state index contributed by atoms with van der Waals surface area (Å²) in [6.07, 6.45) is 2.73. The molecule has 5 heteroatoms. The third-order valence-electron chi connectivity index (χ3n) is 4.11. The van der Waals surface area contributed by atoms with Crippen molar-refractivity contribution in [2.24, 2.45) is 10.9 Å². The summed E-state index contributed by atoms with van der Waals surface area (Å²) in [6, 6.07) is 6.71. The first-order chi connectivity index (χ1) is 10.2. The maximum atomic E-state index is 8.69. The molecular weight excluding hydrogens is 264 g/mol. The van der Waals surface area contributed by atoms with E-state index in [2.05, 4.69) is 22.3 Å². The SMILES string of the molecule is CCN(CCNCc1ccc(/C(N)=N/O)cc1C)C1CC1. The highest BCUT2D eigenvalue weighted by Crippen LogP contribution is 2.25. The average Bonchev–Trinajstić information content (AvgIpc) is 3.32. The van der Waals surface area contributed by atoms with Crippen molar-refractivity contribution >= 4 is 5.84 Å². The molecule has 0 spiro atoms. The molecule has 1 fully saturated rings. The Hall–Kier alpha value is -1.59. The van der Waals surface area contributed by atoms with Gasteiger partial charge in [-0.1, -0.05) is 24.2 Å². The van der Waals surface area contributed by atoms with Crippen molar-refractivity contribution in [2.45, 2.75) is 39.3 Å². The maximum absolute atomic E-state index is 8.69. The van der Waals surface area contributed by atoms with Crippen LogP contribution in [0.2, 0.25) is 0 Å². The highest BCUT2D eigenvalue weighted by atomic mass is 16.4. The number of nitrogens with zero attached hydrogens (tertiary/aromatic N) is 2. The van der Waals surface area contributed by atoms with Crippen molar-refractivity contribution in [3.63, 3.8) is 0 Å². The standard InChI is InChI=1S/C16H26N4O/c1-3-20(15-6-7-15)9-8-18-11-14-5-4-13(10-12(14)2)16(17)19-21/h4-5,10,15,18,21H,3,6-9,11H2,1-2H3,(H2,17,19). The molecule has 0 heterocycles. The highest BCUT2D eigenvalue weighted by Gasteiger charge is 2.26. The van der Waals surface area contributed by atoms with Crippen LogP contribution >= 0.6 is 0 Å². The van der Waals surface area contributed by atoms with Crippen molar-refractivity contribution in [3.05, 3.63) is 34.9 Å². The Labute approximate surface area is 126 Å². The van der Waals surface area contributed by atoms with E-state index in [0.717, 1.165) is 43.3 Å². The van der Waals surface area contributed by atoms with Crippen LogP contribution in [0.25, 0.3) is 0 Å². The van der Waals surface area contributed by atoms with Gasteiger partial charge in [0, 0.05) is 31.2 Å². The van der Waals surface area contributed by atoms with E-state index >= 15 is 0 Å². The van der Waals surface area contributed by atoms with E-state index in [1.807, 2.05) is 25.1 Å². The van der Waals surface area contributed by atoms with Gasteiger partial charge in [-0.2, -0.15) is 0 Å². The number of aryl methyl sites for hydroxylation is 1. The van der Waals surface area contributed by atoms with Crippen LogP contribution < -0.4 is 11.1 Å². The van der Waals surface area contributed by atoms with Crippen molar-refractivity contribution < 1.29 is 5.21 Å². The molecule has 1 aliphatic rings. The fourth-order valence-corrected chi connectivity index (χ4v) is 2.60. The normalized spacial score (nSPS) is 15.7. The van der Waals surface area contributed by atoms with E-state index in [4.69, 9.17) is 10.9 Å². The second kappa shape index (κ2) is 7.43. The summed E-state index contributed by atoms with van der Waals surface area (Å²) in [7, 11) is 0. The van der Waals surface area contributed by atoms with E-state index in [1.165, 1.54) is 18.4 Å². The molecule has 1 aromatic carbocycles. The molecule has 1 aliphatic carbocycles. The van der Waals surface area contributed by atoms with E-state index in [9.17, 15) is 0 Å². The third kappa shape index (κ3) is 4.44. The van der Waals surface area contributed by atoms with Gasteiger partial charge in [0.25, 0.3) is 0 Å². The van der Waals surface area contributed by atoms with Crippen LogP contribution in [0, 0.1) is 6.92 Å². The van der Waals surface area contributed by atoms with Crippen molar-refractivity contribution in [1.82, 2.24) is 10.2 Å². The molecule has 116 valence electrons. The largest absolute Gasteiger partial charge is 0.409 e. The summed E-state index contributed by atoms with van der Waals surface area (Å²) >= 11 is 0. The number of amidine groups is 1. The predicted octanol–water partition coefficient (Wildman–Crippen LogP) is 1.66. The van der Waals surface area contributed by atoms with Gasteiger partial charge in [-0.05, 0) is 43.5 Å². The Morgan fingerprint density at radius 1 is 1.48 bits per heavy atom. The zero-order valence-corrected chi connectivity index (χ0v) is 13.0. The molecule has 1 saturated carbocycles. The van der Waals surface area contributed by atoms with Crippen LogP contribution in [0.3, 0.4) is 0 Å². The van der Waals surface area contributed by atoms with Crippen LogP contribution in [-0.2, 0) is 6.54 Å². The first-order valence-corrected chi connectivity index (χ1v) is 7.68. The number of oxime groups is 1. The van der Waals surface area contributed by atoms with Gasteiger partial charge in [0.05, 0.1) is 0 Å². The Kier molecular flexibility index (Phi) is 5.59. The first-order valence-electron chi connectivity index (χ1n) is 7.68. The van der Waals surface area contributed by atoms with E-state index in [-0.39, 0.29) is 5.84 Å². The molecule has 4 N–H and O–H groups in total. The number of rotatable bonds is 8. The Bertz CT molecular complexity index is 497. The number of hydrogen-bond donors (Lipinski definition) is 3. The van der Waals surface area contributed by atoms with Crippen LogP contribution in [-0.4, -0.2) is 41.6 Å². The Morgan fingerprint density at radius 3 is 2.81 bits per heavy atom. The smallest absolute Gasteiger partial charge is 0.170 e. The summed E-state index contributed by atoms with van der Waals surface area (Å²) in [5, 5.41) is 15.2. The lowest BCUT2D eigenvalue weighted by atomic mass is 10.0. The number of likely N-dealkylation sites (N-methyl/N-ethyl adjacent to an activating group) is 1. The van der Waals surface area contributed by atoms with Gasteiger partial charge in [-0.25, -0.2) is 0 Å². The molecule has 1 aromatic rings. The predicted molar refractivity (Wildman–Crippen MR) is 85.7 cm³/mol. The van der Waals surface area contributed by atoms with Gasteiger partial charge in [0.1, 0.15) is 0 Å². The molecule has 0 aliphatic heterocycles. The van der Waals surface area contributed by atoms with E-state index in [0.29, 0.717) is 0 Å². The maximum Gasteiger partial charge on any atom is 0.170 e. The third-order valence-corrected chi connectivity index (χ3v) is 4.11. The summed E-state index contributed by atoms with van der Waals surface area (Å²) in [5.41, 5.74) is 8.75. The molecule has 2 rings (SSSR count). The van der Waals surface area contributed by atoms with Crippen molar-refractivity contribution in [2.75, 3.05) is 19.6 Å². The van der Waals surface area contributed by atoms with Gasteiger partial charge in [-0.15, -0.1) is 0 Å². The zero-order chi connectivity index (χ0) is 15.2.